The Labute approximate surface area is 106 Å². The van der Waals surface area contributed by atoms with Gasteiger partial charge in [0.2, 0.25) is 5.91 Å². The van der Waals surface area contributed by atoms with Crippen molar-refractivity contribution < 1.29 is 4.79 Å². The van der Waals surface area contributed by atoms with Crippen molar-refractivity contribution >= 4 is 5.91 Å². The molecule has 1 rings (SSSR count). The summed E-state index contributed by atoms with van der Waals surface area (Å²) in [4.78, 5) is 24.8. The first-order valence-electron chi connectivity index (χ1n) is 5.78. The van der Waals surface area contributed by atoms with Crippen molar-refractivity contribution in [3.63, 3.8) is 0 Å². The predicted molar refractivity (Wildman–Crippen MR) is 68.1 cm³/mol. The number of nitriles is 1. The van der Waals surface area contributed by atoms with Gasteiger partial charge < -0.3 is 9.47 Å². The first kappa shape index (κ1) is 14.0. The number of amides is 1. The van der Waals surface area contributed by atoms with Crippen LogP contribution in [0.15, 0.2) is 16.9 Å². The summed E-state index contributed by atoms with van der Waals surface area (Å²) in [7, 11) is 3.41. The van der Waals surface area contributed by atoms with Crippen molar-refractivity contribution in [3.8, 4) is 6.07 Å². The van der Waals surface area contributed by atoms with Gasteiger partial charge in [0.25, 0.3) is 5.56 Å². The Morgan fingerprint density at radius 1 is 1.44 bits per heavy atom. The van der Waals surface area contributed by atoms with E-state index in [1.807, 2.05) is 13.0 Å². The molecule has 0 unspecified atom stereocenters. The molecule has 5 nitrogen and oxygen atoms in total. The zero-order valence-electron chi connectivity index (χ0n) is 10.9. The Kier molecular flexibility index (Phi) is 4.67. The lowest BCUT2D eigenvalue weighted by atomic mass is 10.2. The summed E-state index contributed by atoms with van der Waals surface area (Å²) >= 11 is 0. The molecule has 1 aromatic heterocycles. The maximum atomic E-state index is 11.9. The van der Waals surface area contributed by atoms with E-state index in [9.17, 15) is 9.59 Å². The summed E-state index contributed by atoms with van der Waals surface area (Å²) in [5.41, 5.74) is 0.658. The van der Waals surface area contributed by atoms with Gasteiger partial charge in [-0.05, 0) is 25.5 Å². The van der Waals surface area contributed by atoms with E-state index in [-0.39, 0.29) is 17.0 Å². The third-order valence-electron chi connectivity index (χ3n) is 2.78. The number of rotatable bonds is 4. The highest BCUT2D eigenvalue weighted by molar-refractivity contribution is 5.75. The molecule has 0 atom stereocenters. The second-order valence-electron chi connectivity index (χ2n) is 4.35. The highest BCUT2D eigenvalue weighted by Gasteiger charge is 2.07. The molecule has 1 heterocycles. The van der Waals surface area contributed by atoms with Crippen LogP contribution in [-0.4, -0.2) is 29.5 Å². The van der Waals surface area contributed by atoms with Crippen molar-refractivity contribution in [2.75, 3.05) is 14.1 Å². The number of aryl methyl sites for hydroxylation is 1. The van der Waals surface area contributed by atoms with E-state index in [1.54, 1.807) is 24.7 Å². The quantitative estimate of drug-likeness (QED) is 0.793. The minimum absolute atomic E-state index is 0.0390. The van der Waals surface area contributed by atoms with Crippen LogP contribution < -0.4 is 5.56 Å². The molecule has 0 radical (unpaired) electrons. The molecule has 0 aliphatic heterocycles. The van der Waals surface area contributed by atoms with Crippen LogP contribution in [0.2, 0.25) is 0 Å². The number of carbonyl (C=O) groups excluding carboxylic acids is 1. The van der Waals surface area contributed by atoms with Gasteiger partial charge in [0.15, 0.2) is 0 Å². The number of carbonyl (C=O) groups is 1. The maximum absolute atomic E-state index is 11.9. The molecule has 1 amide bonds. The van der Waals surface area contributed by atoms with Gasteiger partial charge in [-0.25, -0.2) is 0 Å². The monoisotopic (exact) mass is 247 g/mol. The molecule has 0 bridgehead atoms. The van der Waals surface area contributed by atoms with Crippen molar-refractivity contribution in [1.82, 2.24) is 9.47 Å². The summed E-state index contributed by atoms with van der Waals surface area (Å²) in [5, 5.41) is 8.80. The Bertz CT molecular complexity index is 538. The molecular weight excluding hydrogens is 230 g/mol. The molecule has 0 aliphatic rings. The summed E-state index contributed by atoms with van der Waals surface area (Å²) in [5.74, 6) is 0.0390. The highest BCUT2D eigenvalue weighted by atomic mass is 16.2. The van der Waals surface area contributed by atoms with Gasteiger partial charge in [-0.2, -0.15) is 5.26 Å². The number of hydrogen-bond acceptors (Lipinski definition) is 3. The van der Waals surface area contributed by atoms with Crippen LogP contribution >= 0.6 is 0 Å². The zero-order valence-corrected chi connectivity index (χ0v) is 10.9. The second-order valence-corrected chi connectivity index (χ2v) is 4.35. The van der Waals surface area contributed by atoms with Gasteiger partial charge >= 0.3 is 0 Å². The largest absolute Gasteiger partial charge is 0.349 e. The van der Waals surface area contributed by atoms with E-state index < -0.39 is 0 Å². The fourth-order valence-corrected chi connectivity index (χ4v) is 1.65. The third-order valence-corrected chi connectivity index (χ3v) is 2.78. The van der Waals surface area contributed by atoms with E-state index >= 15 is 0 Å². The van der Waals surface area contributed by atoms with Crippen molar-refractivity contribution in [2.24, 2.45) is 0 Å². The lowest BCUT2D eigenvalue weighted by molar-refractivity contribution is -0.128. The molecule has 0 aromatic carbocycles. The first-order chi connectivity index (χ1) is 8.47. The van der Waals surface area contributed by atoms with E-state index in [4.69, 9.17) is 5.26 Å². The summed E-state index contributed by atoms with van der Waals surface area (Å²) in [6.07, 6.45) is 0.988. The van der Waals surface area contributed by atoms with Gasteiger partial charge in [0, 0.05) is 32.8 Å². The van der Waals surface area contributed by atoms with Gasteiger partial charge in [-0.3, -0.25) is 9.59 Å². The molecule has 1 aromatic rings. The van der Waals surface area contributed by atoms with Gasteiger partial charge in [-0.1, -0.05) is 0 Å². The molecular formula is C13H17N3O2. The minimum atomic E-state index is -0.283. The Balaban J connectivity index is 2.77. The van der Waals surface area contributed by atoms with Gasteiger partial charge in [0.1, 0.15) is 11.6 Å². The lowest BCUT2D eigenvalue weighted by Crippen LogP contribution is -2.26. The van der Waals surface area contributed by atoms with Gasteiger partial charge in [0.05, 0.1) is 0 Å². The molecule has 0 aliphatic carbocycles. The fraction of sp³-hybridized carbons (Fsp3) is 0.462. The van der Waals surface area contributed by atoms with Crippen LogP contribution in [0.25, 0.3) is 0 Å². The molecule has 0 fully saturated rings. The normalized spacial score (nSPS) is 9.89. The van der Waals surface area contributed by atoms with Gasteiger partial charge in [-0.15, -0.1) is 0 Å². The molecule has 0 saturated carbocycles. The highest BCUT2D eigenvalue weighted by Crippen LogP contribution is 2.02. The standard InChI is InChI=1S/C13H17N3O2/c1-10-6-7-11(9-14)13(18)16(10)8-4-5-12(17)15(2)3/h6-7H,4-5,8H2,1-3H3. The fourth-order valence-electron chi connectivity index (χ4n) is 1.65. The molecule has 0 N–H and O–H groups in total. The van der Waals surface area contributed by atoms with E-state index in [0.717, 1.165) is 5.69 Å². The molecule has 5 heteroatoms. The lowest BCUT2D eigenvalue weighted by Gasteiger charge is -2.12. The summed E-state index contributed by atoms with van der Waals surface area (Å²) in [6, 6.07) is 5.14. The number of hydrogen-bond donors (Lipinski definition) is 0. The van der Waals surface area contributed by atoms with Crippen LogP contribution in [0.3, 0.4) is 0 Å². The minimum Gasteiger partial charge on any atom is -0.349 e. The second kappa shape index (κ2) is 6.01. The van der Waals surface area contributed by atoms with Crippen molar-refractivity contribution in [3.05, 3.63) is 33.7 Å². The number of nitrogens with zero attached hydrogens (tertiary/aromatic N) is 3. The van der Waals surface area contributed by atoms with Crippen LogP contribution in [0, 0.1) is 18.3 Å². The topological polar surface area (TPSA) is 66.1 Å². The third kappa shape index (κ3) is 3.20. The average molecular weight is 247 g/mol. The van der Waals surface area contributed by atoms with E-state index in [0.29, 0.717) is 19.4 Å². The predicted octanol–water partition coefficient (Wildman–Crippen LogP) is 0.897. The van der Waals surface area contributed by atoms with Crippen LogP contribution in [0.4, 0.5) is 0 Å². The number of pyridine rings is 1. The van der Waals surface area contributed by atoms with E-state index in [2.05, 4.69) is 0 Å². The number of aromatic nitrogens is 1. The SMILES string of the molecule is Cc1ccc(C#N)c(=O)n1CCCC(=O)N(C)C. The maximum Gasteiger partial charge on any atom is 0.268 e. The summed E-state index contributed by atoms with van der Waals surface area (Å²) in [6.45, 7) is 2.27. The Morgan fingerprint density at radius 2 is 2.11 bits per heavy atom. The van der Waals surface area contributed by atoms with Crippen LogP contribution in [0.5, 0.6) is 0 Å². The van der Waals surface area contributed by atoms with Crippen LogP contribution in [-0.2, 0) is 11.3 Å². The Hall–Kier alpha value is -2.09. The molecule has 0 spiro atoms. The van der Waals surface area contributed by atoms with Crippen LogP contribution in [0.1, 0.15) is 24.1 Å². The molecule has 18 heavy (non-hydrogen) atoms. The smallest absolute Gasteiger partial charge is 0.268 e. The first-order valence-corrected chi connectivity index (χ1v) is 5.78. The molecule has 96 valence electrons. The Morgan fingerprint density at radius 3 is 2.67 bits per heavy atom. The molecule has 0 saturated heterocycles. The van der Waals surface area contributed by atoms with E-state index in [1.165, 1.54) is 11.0 Å². The van der Waals surface area contributed by atoms with Crippen molar-refractivity contribution in [1.29, 1.82) is 5.26 Å². The van der Waals surface area contributed by atoms with Crippen molar-refractivity contribution in [2.45, 2.75) is 26.3 Å². The zero-order chi connectivity index (χ0) is 13.7. The average Bonchev–Trinajstić information content (AvgIpc) is 2.33. The summed E-state index contributed by atoms with van der Waals surface area (Å²) < 4.78 is 1.54.